The number of nitrogens with zero attached hydrogens (tertiary/aromatic N) is 2. The van der Waals surface area contributed by atoms with E-state index in [1.54, 1.807) is 19.4 Å². The van der Waals surface area contributed by atoms with Crippen LogP contribution in [0.15, 0.2) is 92.4 Å². The van der Waals surface area contributed by atoms with Crippen molar-refractivity contribution in [1.82, 2.24) is 8.61 Å². The molecule has 2 aliphatic rings. The molecule has 0 spiro atoms. The van der Waals surface area contributed by atoms with Crippen LogP contribution in [0, 0.1) is 0 Å². The van der Waals surface area contributed by atoms with Gasteiger partial charge in [0.2, 0.25) is 10.0 Å². The molecule has 4 aromatic carbocycles. The third-order valence-electron chi connectivity index (χ3n) is 11.9. The van der Waals surface area contributed by atoms with Gasteiger partial charge in [-0.15, -0.1) is 0 Å². The Morgan fingerprint density at radius 3 is 1.38 bits per heavy atom. The second-order valence-corrected chi connectivity index (χ2v) is 26.2. The van der Waals surface area contributed by atoms with Gasteiger partial charge in [0.25, 0.3) is 32.1 Å². The first-order chi connectivity index (χ1) is 38.1. The highest BCUT2D eigenvalue weighted by molar-refractivity contribution is 8.26. The van der Waals surface area contributed by atoms with Gasteiger partial charge in [-0.3, -0.25) is 18.0 Å². The second-order valence-electron chi connectivity index (χ2n) is 18.6. The minimum atomic E-state index is -4.56. The number of hydrogen-bond acceptors (Lipinski definition) is 20. The van der Waals surface area contributed by atoms with Crippen molar-refractivity contribution in [1.29, 1.82) is 0 Å². The minimum absolute atomic E-state index is 0.00909. The molecule has 1 unspecified atom stereocenters. The number of methoxy groups -OCH3 is 2. The zero-order valence-electron chi connectivity index (χ0n) is 45.9. The number of sulfonamides is 1. The molecular formula is C53H72N4O19S4. The molecule has 27 heteroatoms. The molecule has 0 aliphatic carbocycles. The SMILES string of the molecule is COCCOCCOc1cc(C(=O)Nc2ccc(/C=C/c3ccc(NC(=O)c4ccc(S(=O)(=O)N5CCOCC5)c(OCCOCCOC)c4)cc3S(=O)(=O)OC(C)C)c(S(=O)(=O)OC(C)C)c2)ccc1S(C)(O)N1CCOCC1. The van der Waals surface area contributed by atoms with Gasteiger partial charge in [0, 0.05) is 69.2 Å². The molecule has 2 amide bonds. The van der Waals surface area contributed by atoms with Crippen LogP contribution in [-0.2, 0) is 67.0 Å². The topological polar surface area (TPSA) is 280 Å². The van der Waals surface area contributed by atoms with Crippen molar-refractivity contribution >= 4 is 76.1 Å². The first kappa shape index (κ1) is 64.1. The monoisotopic (exact) mass is 1200 g/mol. The summed E-state index contributed by atoms with van der Waals surface area (Å²) in [5, 5.41) is 5.42. The number of benzene rings is 4. The molecule has 0 bridgehead atoms. The number of anilines is 2. The summed E-state index contributed by atoms with van der Waals surface area (Å²) in [4.78, 5) is 27.4. The summed E-state index contributed by atoms with van der Waals surface area (Å²) in [6.07, 6.45) is 2.80. The Balaban J connectivity index is 1.29. The van der Waals surface area contributed by atoms with E-state index in [0.29, 0.717) is 51.0 Å². The predicted molar refractivity (Wildman–Crippen MR) is 300 cm³/mol. The Morgan fingerprint density at radius 1 is 0.550 bits per heavy atom. The fourth-order valence-corrected chi connectivity index (χ4v) is 14.2. The van der Waals surface area contributed by atoms with Crippen LogP contribution in [0.1, 0.15) is 59.5 Å². The lowest BCUT2D eigenvalue weighted by Crippen LogP contribution is -2.40. The number of ether oxygens (including phenoxy) is 8. The van der Waals surface area contributed by atoms with Gasteiger partial charge in [-0.2, -0.15) is 21.1 Å². The fraction of sp³-hybridized carbons (Fsp3) is 0.472. The summed E-state index contributed by atoms with van der Waals surface area (Å²) in [5.74, 6) is -1.23. The maximum Gasteiger partial charge on any atom is 0.297 e. The van der Waals surface area contributed by atoms with Gasteiger partial charge in [-0.25, -0.2) is 12.7 Å². The first-order valence-corrected chi connectivity index (χ1v) is 31.8. The van der Waals surface area contributed by atoms with Crippen LogP contribution in [-0.4, -0.2) is 188 Å². The van der Waals surface area contributed by atoms with Crippen LogP contribution in [0.5, 0.6) is 11.5 Å². The molecule has 2 saturated heterocycles. The highest BCUT2D eigenvalue weighted by Crippen LogP contribution is 2.56. The molecule has 3 N–H and O–H groups in total. The highest BCUT2D eigenvalue weighted by atomic mass is 32.3. The molecule has 442 valence electrons. The Hall–Kier alpha value is -5.08. The number of amides is 2. The second kappa shape index (κ2) is 29.8. The van der Waals surface area contributed by atoms with Gasteiger partial charge < -0.3 is 53.1 Å². The zero-order chi connectivity index (χ0) is 58.1. The molecule has 2 heterocycles. The van der Waals surface area contributed by atoms with E-state index in [2.05, 4.69) is 10.6 Å². The summed E-state index contributed by atoms with van der Waals surface area (Å²) < 4.78 is 153. The van der Waals surface area contributed by atoms with Gasteiger partial charge in [0.15, 0.2) is 0 Å². The Morgan fingerprint density at radius 2 is 0.950 bits per heavy atom. The normalized spacial score (nSPS) is 16.2. The van der Waals surface area contributed by atoms with E-state index in [-0.39, 0.29) is 114 Å². The lowest BCUT2D eigenvalue weighted by Gasteiger charge is -2.43. The quantitative estimate of drug-likeness (QED) is 0.0297. The van der Waals surface area contributed by atoms with Crippen LogP contribution < -0.4 is 20.1 Å². The molecule has 80 heavy (non-hydrogen) atoms. The van der Waals surface area contributed by atoms with E-state index in [1.165, 1.54) is 118 Å². The lowest BCUT2D eigenvalue weighted by molar-refractivity contribution is 0.0538. The van der Waals surface area contributed by atoms with Crippen molar-refractivity contribution in [2.45, 2.75) is 59.5 Å². The number of hydrogen-bond donors (Lipinski definition) is 3. The van der Waals surface area contributed by atoms with Gasteiger partial charge >= 0.3 is 0 Å². The van der Waals surface area contributed by atoms with Crippen molar-refractivity contribution in [3.05, 3.63) is 95.1 Å². The summed E-state index contributed by atoms with van der Waals surface area (Å²) in [5.41, 5.74) is 0.269. The van der Waals surface area contributed by atoms with E-state index in [1.807, 2.05) is 4.31 Å². The number of carbonyl (C=O) groups excluding carboxylic acids is 2. The van der Waals surface area contributed by atoms with Crippen LogP contribution in [0.2, 0.25) is 0 Å². The standard InChI is InChI=1S/C53H72N4O19S4/c1-38(2)75-79(63,64)50-36-44(54-52(58)42-12-16-48(77(7,60)56-18-22-69-23-19-56)46(34-42)73-32-30-71-28-26-67-5)14-10-40(50)8-9-41-11-15-45(37-51(41)80(65,66)76-39(3)4)55-53(59)43-13-17-49(78(61,62)57-20-24-70-25-21-57)47(35-43)74-33-31-72-29-27-68-6/h8-17,34-39,60H,18-33H2,1-7H3,(H,54,58)(H,55,59)/b9-8+. The molecule has 4 aromatic rings. The van der Waals surface area contributed by atoms with Gasteiger partial charge in [-0.05, 0) is 99.5 Å². The average molecular weight is 1200 g/mol. The summed E-state index contributed by atoms with van der Waals surface area (Å²) in [6, 6.07) is 16.5. The number of nitrogens with one attached hydrogen (secondary N) is 2. The Kier molecular flexibility index (Phi) is 23.8. The van der Waals surface area contributed by atoms with Crippen molar-refractivity contribution in [3.8, 4) is 11.5 Å². The number of carbonyl (C=O) groups is 2. The largest absolute Gasteiger partial charge is 0.490 e. The molecule has 2 aliphatic heterocycles. The summed E-state index contributed by atoms with van der Waals surface area (Å²) in [7, 11) is -12.7. The third kappa shape index (κ3) is 17.7. The van der Waals surface area contributed by atoms with Crippen LogP contribution in [0.25, 0.3) is 12.2 Å². The van der Waals surface area contributed by atoms with Crippen molar-refractivity contribution in [2.75, 3.05) is 137 Å². The Labute approximate surface area is 470 Å². The van der Waals surface area contributed by atoms with Crippen molar-refractivity contribution < 1.29 is 85.7 Å². The van der Waals surface area contributed by atoms with E-state index in [0.717, 1.165) is 0 Å². The van der Waals surface area contributed by atoms with E-state index in [4.69, 9.17) is 46.3 Å². The van der Waals surface area contributed by atoms with E-state index >= 15 is 0 Å². The van der Waals surface area contributed by atoms with Crippen molar-refractivity contribution in [2.24, 2.45) is 0 Å². The zero-order valence-corrected chi connectivity index (χ0v) is 49.1. The van der Waals surface area contributed by atoms with Gasteiger partial charge in [0.05, 0.1) is 83.2 Å². The fourth-order valence-electron chi connectivity index (χ4n) is 8.06. The highest BCUT2D eigenvalue weighted by Gasteiger charge is 2.33. The summed E-state index contributed by atoms with van der Waals surface area (Å²) >= 11 is 0. The van der Waals surface area contributed by atoms with Gasteiger partial charge in [-0.1, -0.05) is 34.8 Å². The van der Waals surface area contributed by atoms with E-state index < -0.39 is 69.7 Å². The van der Waals surface area contributed by atoms with E-state index in [9.17, 15) is 39.4 Å². The third-order valence-corrected chi connectivity index (χ3v) is 19.4. The van der Waals surface area contributed by atoms with Crippen LogP contribution in [0.4, 0.5) is 11.4 Å². The average Bonchev–Trinajstić information content (AvgIpc) is 3.44. The minimum Gasteiger partial charge on any atom is -0.490 e. The Bertz CT molecular complexity index is 3110. The predicted octanol–water partition coefficient (Wildman–Crippen LogP) is 6.21. The summed E-state index contributed by atoms with van der Waals surface area (Å²) in [6.45, 7) is 10.2. The molecule has 2 fully saturated rings. The smallest absolute Gasteiger partial charge is 0.297 e. The van der Waals surface area contributed by atoms with Gasteiger partial charge in [0.1, 0.15) is 39.4 Å². The number of rotatable bonds is 30. The molecule has 0 saturated carbocycles. The van der Waals surface area contributed by atoms with Crippen molar-refractivity contribution in [3.63, 3.8) is 0 Å². The maximum atomic E-state index is 14.0. The first-order valence-electron chi connectivity index (χ1n) is 25.6. The number of morpholine rings is 2. The maximum absolute atomic E-state index is 14.0. The van der Waals surface area contributed by atoms with Crippen LogP contribution in [0.3, 0.4) is 0 Å². The molecule has 23 nitrogen and oxygen atoms in total. The lowest BCUT2D eigenvalue weighted by atomic mass is 10.1. The molecule has 0 aromatic heterocycles. The molecular weight excluding hydrogens is 1120 g/mol. The molecule has 1 atom stereocenters. The molecule has 0 radical (unpaired) electrons. The molecule has 6 rings (SSSR count). The van der Waals surface area contributed by atoms with Crippen LogP contribution >= 0.6 is 10.5 Å².